The van der Waals surface area contributed by atoms with Crippen LogP contribution in [-0.2, 0) is 14.8 Å². The monoisotopic (exact) mass is 363 g/mol. The third-order valence-corrected chi connectivity index (χ3v) is 5.88. The Balaban J connectivity index is 1.87. The van der Waals surface area contributed by atoms with Gasteiger partial charge in [0.25, 0.3) is 0 Å². The van der Waals surface area contributed by atoms with E-state index in [1.807, 2.05) is 6.92 Å². The molecule has 134 valence electrons. The molecule has 0 aliphatic carbocycles. The Labute approximate surface area is 146 Å². The van der Waals surface area contributed by atoms with E-state index in [0.717, 1.165) is 6.42 Å². The number of carbonyl (C=O) groups excluding carboxylic acids is 1. The molecule has 1 amide bonds. The van der Waals surface area contributed by atoms with E-state index in [1.165, 1.54) is 12.1 Å². The van der Waals surface area contributed by atoms with E-state index < -0.39 is 16.1 Å². The molecule has 2 aromatic rings. The van der Waals surface area contributed by atoms with Gasteiger partial charge >= 0.3 is 0 Å². The lowest BCUT2D eigenvalue weighted by Gasteiger charge is -2.16. The van der Waals surface area contributed by atoms with Gasteiger partial charge in [-0.1, -0.05) is 6.92 Å². The fraction of sp³-hybridized carbons (Fsp3) is 0.412. The number of fused-ring (bicyclic) bond motifs is 1. The summed E-state index contributed by atoms with van der Waals surface area (Å²) in [5, 5.41) is 0.678. The molecular formula is C17H21N3O4S. The number of aromatic amines is 1. The molecule has 0 bridgehead atoms. The van der Waals surface area contributed by atoms with Crippen molar-refractivity contribution in [1.29, 1.82) is 0 Å². The number of amides is 1. The van der Waals surface area contributed by atoms with Gasteiger partial charge in [0.2, 0.25) is 21.5 Å². The first kappa shape index (κ1) is 17.6. The van der Waals surface area contributed by atoms with Crippen LogP contribution < -0.4 is 10.3 Å². The predicted octanol–water partition coefficient (Wildman–Crippen LogP) is 1.13. The number of H-pyrrole nitrogens is 1. The topological polar surface area (TPSA) is 99.3 Å². The van der Waals surface area contributed by atoms with E-state index in [4.69, 9.17) is 0 Å². The van der Waals surface area contributed by atoms with Gasteiger partial charge in [-0.3, -0.25) is 9.59 Å². The van der Waals surface area contributed by atoms with E-state index in [0.29, 0.717) is 29.6 Å². The first-order valence-corrected chi connectivity index (χ1v) is 9.72. The van der Waals surface area contributed by atoms with Gasteiger partial charge in [0.05, 0.1) is 4.90 Å². The number of nitrogens with one attached hydrogen (secondary N) is 2. The van der Waals surface area contributed by atoms with E-state index in [1.54, 1.807) is 24.0 Å². The van der Waals surface area contributed by atoms with Gasteiger partial charge in [0, 0.05) is 42.5 Å². The van der Waals surface area contributed by atoms with Crippen molar-refractivity contribution in [2.75, 3.05) is 13.1 Å². The molecule has 1 saturated heterocycles. The molecule has 7 nitrogen and oxygen atoms in total. The second-order valence-electron chi connectivity index (χ2n) is 6.39. The Morgan fingerprint density at radius 1 is 1.28 bits per heavy atom. The Morgan fingerprint density at radius 2 is 2.04 bits per heavy atom. The molecule has 1 aliphatic rings. The van der Waals surface area contributed by atoms with Crippen LogP contribution in [0.3, 0.4) is 0 Å². The van der Waals surface area contributed by atoms with Crippen LogP contribution in [0, 0.1) is 6.92 Å². The predicted molar refractivity (Wildman–Crippen MR) is 94.9 cm³/mol. The minimum Gasteiger partial charge on any atom is -0.341 e. The summed E-state index contributed by atoms with van der Waals surface area (Å²) in [6.07, 6.45) is 1.02. The molecule has 2 N–H and O–H groups in total. The Morgan fingerprint density at radius 3 is 2.76 bits per heavy atom. The highest BCUT2D eigenvalue weighted by atomic mass is 32.2. The lowest BCUT2D eigenvalue weighted by Crippen LogP contribution is -2.37. The number of nitrogens with zero attached hydrogens (tertiary/aromatic N) is 1. The van der Waals surface area contributed by atoms with Crippen LogP contribution in [0.15, 0.2) is 34.0 Å². The van der Waals surface area contributed by atoms with Crippen molar-refractivity contribution in [1.82, 2.24) is 14.6 Å². The number of hydrogen-bond donors (Lipinski definition) is 2. The quantitative estimate of drug-likeness (QED) is 0.832. The number of aromatic nitrogens is 1. The molecule has 1 aromatic carbocycles. The van der Waals surface area contributed by atoms with E-state index in [-0.39, 0.29) is 22.8 Å². The van der Waals surface area contributed by atoms with Crippen LogP contribution in [0.5, 0.6) is 0 Å². The molecule has 0 spiro atoms. The molecule has 1 fully saturated rings. The second kappa shape index (κ2) is 6.61. The molecule has 8 heteroatoms. The summed E-state index contributed by atoms with van der Waals surface area (Å²) in [6, 6.07) is 5.60. The van der Waals surface area contributed by atoms with Crippen molar-refractivity contribution in [3.8, 4) is 0 Å². The van der Waals surface area contributed by atoms with Crippen LogP contribution in [0.1, 0.15) is 25.3 Å². The molecular weight excluding hydrogens is 342 g/mol. The zero-order chi connectivity index (χ0) is 18.2. The van der Waals surface area contributed by atoms with Crippen LogP contribution in [0.2, 0.25) is 0 Å². The Hall–Kier alpha value is -2.19. The van der Waals surface area contributed by atoms with Gasteiger partial charge < -0.3 is 9.88 Å². The first-order valence-electron chi connectivity index (χ1n) is 8.24. The summed E-state index contributed by atoms with van der Waals surface area (Å²) in [5.74, 6) is -0.0264. The largest absolute Gasteiger partial charge is 0.341 e. The van der Waals surface area contributed by atoms with Crippen LogP contribution in [0.4, 0.5) is 0 Å². The minimum absolute atomic E-state index is 0.0264. The summed E-state index contributed by atoms with van der Waals surface area (Å²) in [6.45, 7) is 4.78. The van der Waals surface area contributed by atoms with Gasteiger partial charge in [-0.15, -0.1) is 0 Å². The smallest absolute Gasteiger partial charge is 0.248 e. The molecule has 0 radical (unpaired) electrons. The molecule has 0 saturated carbocycles. The first-order chi connectivity index (χ1) is 11.8. The fourth-order valence-electron chi connectivity index (χ4n) is 3.19. The fourth-order valence-corrected chi connectivity index (χ4v) is 4.45. The van der Waals surface area contributed by atoms with Crippen molar-refractivity contribution >= 4 is 26.8 Å². The molecule has 1 atom stereocenters. The molecule has 25 heavy (non-hydrogen) atoms. The maximum atomic E-state index is 12.7. The summed E-state index contributed by atoms with van der Waals surface area (Å²) < 4.78 is 28.0. The molecule has 1 unspecified atom stereocenters. The molecule has 1 aliphatic heterocycles. The average Bonchev–Trinajstić information content (AvgIpc) is 2.86. The van der Waals surface area contributed by atoms with E-state index >= 15 is 0 Å². The second-order valence-corrected chi connectivity index (χ2v) is 8.10. The van der Waals surface area contributed by atoms with Crippen molar-refractivity contribution in [2.45, 2.75) is 37.6 Å². The molecule has 2 heterocycles. The van der Waals surface area contributed by atoms with Crippen LogP contribution >= 0.6 is 0 Å². The van der Waals surface area contributed by atoms with Gasteiger partial charge in [-0.2, -0.15) is 0 Å². The SMILES string of the molecule is CCCN1CC(NS(=O)(=O)c2ccc3[nH]c(=O)cc(C)c3c2)CC1=O. The summed E-state index contributed by atoms with van der Waals surface area (Å²) >= 11 is 0. The molecule has 1 aromatic heterocycles. The highest BCUT2D eigenvalue weighted by molar-refractivity contribution is 7.89. The minimum atomic E-state index is -3.74. The van der Waals surface area contributed by atoms with Crippen LogP contribution in [0.25, 0.3) is 10.9 Å². The number of aryl methyl sites for hydroxylation is 1. The number of sulfonamides is 1. The Kier molecular flexibility index (Phi) is 4.66. The van der Waals surface area contributed by atoms with Crippen molar-refractivity contribution in [2.24, 2.45) is 0 Å². The zero-order valence-electron chi connectivity index (χ0n) is 14.2. The Bertz CT molecular complexity index is 981. The third-order valence-electron chi connectivity index (χ3n) is 4.36. The average molecular weight is 363 g/mol. The maximum absolute atomic E-state index is 12.7. The number of pyridine rings is 1. The number of benzene rings is 1. The lowest BCUT2D eigenvalue weighted by molar-refractivity contribution is -0.127. The van der Waals surface area contributed by atoms with Crippen LogP contribution in [-0.4, -0.2) is 43.3 Å². The standard InChI is InChI=1S/C17H21N3O4S/c1-3-6-20-10-12(8-17(20)22)19-25(23,24)13-4-5-15-14(9-13)11(2)7-16(21)18-15/h4-5,7,9,12,19H,3,6,8,10H2,1-2H3,(H,18,21). The summed E-state index contributed by atoms with van der Waals surface area (Å²) in [4.78, 5) is 27.9. The normalized spacial score (nSPS) is 18.2. The highest BCUT2D eigenvalue weighted by Gasteiger charge is 2.32. The zero-order valence-corrected chi connectivity index (χ0v) is 15.0. The van der Waals surface area contributed by atoms with E-state index in [9.17, 15) is 18.0 Å². The maximum Gasteiger partial charge on any atom is 0.248 e. The highest BCUT2D eigenvalue weighted by Crippen LogP contribution is 2.21. The number of hydrogen-bond acceptors (Lipinski definition) is 4. The van der Waals surface area contributed by atoms with Crippen molar-refractivity contribution in [3.05, 3.63) is 40.2 Å². The van der Waals surface area contributed by atoms with Gasteiger partial charge in [-0.05, 0) is 37.1 Å². The number of carbonyl (C=O) groups is 1. The van der Waals surface area contributed by atoms with E-state index in [2.05, 4.69) is 9.71 Å². The van der Waals surface area contributed by atoms with Gasteiger partial charge in [0.1, 0.15) is 0 Å². The van der Waals surface area contributed by atoms with Crippen molar-refractivity contribution < 1.29 is 13.2 Å². The van der Waals surface area contributed by atoms with Gasteiger partial charge in [0.15, 0.2) is 0 Å². The summed E-state index contributed by atoms with van der Waals surface area (Å²) in [5.41, 5.74) is 1.08. The van der Waals surface area contributed by atoms with Gasteiger partial charge in [-0.25, -0.2) is 13.1 Å². The number of likely N-dealkylation sites (tertiary alicyclic amines) is 1. The number of rotatable bonds is 5. The summed E-state index contributed by atoms with van der Waals surface area (Å²) in [7, 11) is -3.74. The van der Waals surface area contributed by atoms with Crippen molar-refractivity contribution in [3.63, 3.8) is 0 Å². The molecule has 3 rings (SSSR count). The third kappa shape index (κ3) is 3.59. The lowest BCUT2D eigenvalue weighted by atomic mass is 10.1.